The summed E-state index contributed by atoms with van der Waals surface area (Å²) in [5, 5.41) is 59.6. The SMILES string of the molecule is OCC1OC(Oc2cc(O)c3c(c2)OC(c2ccc(O)cc2)=CC2OC32)C(O)C(O)C1O. The molecule has 10 nitrogen and oxygen atoms in total. The van der Waals surface area contributed by atoms with Crippen molar-refractivity contribution < 1.29 is 49.6 Å². The van der Waals surface area contributed by atoms with Crippen LogP contribution in [-0.4, -0.2) is 74.1 Å². The number of aliphatic hydroxyl groups excluding tert-OH is 4. The number of aliphatic hydroxyl groups is 4. The molecule has 2 aromatic rings. The number of rotatable bonds is 4. The number of hydrogen-bond acceptors (Lipinski definition) is 10. The van der Waals surface area contributed by atoms with Crippen LogP contribution in [0, 0.1) is 0 Å². The molecule has 0 radical (unpaired) electrons. The first-order chi connectivity index (χ1) is 15.4. The van der Waals surface area contributed by atoms with E-state index in [9.17, 15) is 30.6 Å². The molecule has 0 aromatic heterocycles. The molecule has 32 heavy (non-hydrogen) atoms. The van der Waals surface area contributed by atoms with E-state index in [1.807, 2.05) is 0 Å². The molecule has 0 saturated carbocycles. The van der Waals surface area contributed by atoms with E-state index in [1.54, 1.807) is 18.2 Å². The van der Waals surface area contributed by atoms with Crippen LogP contribution in [0.4, 0.5) is 0 Å². The fourth-order valence-electron chi connectivity index (χ4n) is 3.89. The van der Waals surface area contributed by atoms with Crippen LogP contribution in [-0.2, 0) is 9.47 Å². The van der Waals surface area contributed by atoms with Crippen molar-refractivity contribution >= 4 is 5.76 Å². The molecular formula is C22H22O10. The van der Waals surface area contributed by atoms with Crippen LogP contribution in [0.15, 0.2) is 42.5 Å². The highest BCUT2D eigenvalue weighted by atomic mass is 16.7. The summed E-state index contributed by atoms with van der Waals surface area (Å²) < 4.78 is 22.7. The van der Waals surface area contributed by atoms with Crippen LogP contribution in [0.5, 0.6) is 23.0 Å². The lowest BCUT2D eigenvalue weighted by Crippen LogP contribution is -2.60. The van der Waals surface area contributed by atoms with E-state index in [2.05, 4.69) is 0 Å². The maximum absolute atomic E-state index is 10.6. The van der Waals surface area contributed by atoms with Crippen molar-refractivity contribution in [3.63, 3.8) is 0 Å². The summed E-state index contributed by atoms with van der Waals surface area (Å²) in [4.78, 5) is 0. The molecule has 2 fully saturated rings. The van der Waals surface area contributed by atoms with Gasteiger partial charge < -0.3 is 49.6 Å². The monoisotopic (exact) mass is 446 g/mol. The Bertz CT molecular complexity index is 1030. The Morgan fingerprint density at radius 1 is 0.906 bits per heavy atom. The summed E-state index contributed by atoms with van der Waals surface area (Å²) in [7, 11) is 0. The van der Waals surface area contributed by atoms with E-state index in [4.69, 9.17) is 18.9 Å². The predicted octanol–water partition coefficient (Wildman–Crippen LogP) is 0.150. The molecule has 0 amide bonds. The molecule has 3 aliphatic heterocycles. The molecule has 5 rings (SSSR count). The fraction of sp³-hybridized carbons (Fsp3) is 0.364. The van der Waals surface area contributed by atoms with Crippen molar-refractivity contribution in [3.05, 3.63) is 53.6 Å². The average Bonchev–Trinajstić information content (AvgIpc) is 3.53. The number of hydrogen-bond donors (Lipinski definition) is 6. The number of fused-ring (bicyclic) bond motifs is 3. The van der Waals surface area contributed by atoms with Gasteiger partial charge in [0.1, 0.15) is 65.4 Å². The normalized spacial score (nSPS) is 33.2. The number of benzene rings is 2. The second kappa shape index (κ2) is 7.93. The molecule has 0 aliphatic carbocycles. The predicted molar refractivity (Wildman–Crippen MR) is 107 cm³/mol. The highest BCUT2D eigenvalue weighted by molar-refractivity contribution is 5.68. The Kier molecular flexibility index (Phi) is 5.20. The van der Waals surface area contributed by atoms with Crippen molar-refractivity contribution in [2.75, 3.05) is 6.61 Å². The van der Waals surface area contributed by atoms with Crippen LogP contribution < -0.4 is 9.47 Å². The third-order valence-electron chi connectivity index (χ3n) is 5.69. The Morgan fingerprint density at radius 2 is 1.66 bits per heavy atom. The molecular weight excluding hydrogens is 424 g/mol. The van der Waals surface area contributed by atoms with E-state index in [0.29, 0.717) is 16.9 Å². The van der Waals surface area contributed by atoms with Crippen molar-refractivity contribution in [1.29, 1.82) is 0 Å². The number of aromatic hydroxyl groups is 2. The summed E-state index contributed by atoms with van der Waals surface area (Å²) in [6, 6.07) is 9.18. The molecule has 3 heterocycles. The van der Waals surface area contributed by atoms with Crippen molar-refractivity contribution in [3.8, 4) is 23.0 Å². The Balaban J connectivity index is 1.44. The maximum Gasteiger partial charge on any atom is 0.229 e. The van der Waals surface area contributed by atoms with Gasteiger partial charge in [-0.3, -0.25) is 0 Å². The highest BCUT2D eigenvalue weighted by Crippen LogP contribution is 2.52. The van der Waals surface area contributed by atoms with E-state index >= 15 is 0 Å². The number of ether oxygens (including phenoxy) is 4. The van der Waals surface area contributed by atoms with E-state index in [0.717, 1.165) is 0 Å². The lowest BCUT2D eigenvalue weighted by molar-refractivity contribution is -0.277. The minimum atomic E-state index is -1.60. The van der Waals surface area contributed by atoms with Crippen LogP contribution in [0.1, 0.15) is 17.2 Å². The van der Waals surface area contributed by atoms with Gasteiger partial charge in [-0.1, -0.05) is 0 Å². The van der Waals surface area contributed by atoms with Gasteiger partial charge in [0.15, 0.2) is 0 Å². The van der Waals surface area contributed by atoms with Crippen LogP contribution >= 0.6 is 0 Å². The first-order valence-electron chi connectivity index (χ1n) is 10.0. The van der Waals surface area contributed by atoms with Crippen LogP contribution in [0.3, 0.4) is 0 Å². The van der Waals surface area contributed by atoms with Crippen molar-refractivity contribution in [2.45, 2.75) is 42.9 Å². The highest BCUT2D eigenvalue weighted by Gasteiger charge is 2.47. The molecule has 2 aromatic carbocycles. The van der Waals surface area contributed by atoms with Gasteiger partial charge in [-0.2, -0.15) is 0 Å². The van der Waals surface area contributed by atoms with E-state index in [1.165, 1.54) is 24.3 Å². The summed E-state index contributed by atoms with van der Waals surface area (Å²) in [6.45, 7) is -0.593. The zero-order valence-corrected chi connectivity index (χ0v) is 16.6. The molecule has 0 spiro atoms. The molecule has 10 heteroatoms. The first-order valence-corrected chi connectivity index (χ1v) is 10.0. The Morgan fingerprint density at radius 3 is 2.38 bits per heavy atom. The summed E-state index contributed by atoms with van der Waals surface area (Å²) >= 11 is 0. The molecule has 170 valence electrons. The Hall–Kier alpha value is -2.86. The molecule has 7 unspecified atom stereocenters. The van der Waals surface area contributed by atoms with E-state index < -0.39 is 43.4 Å². The number of phenolic OH excluding ortho intramolecular Hbond substituents is 2. The maximum atomic E-state index is 10.6. The van der Waals surface area contributed by atoms with Gasteiger partial charge in [-0.05, 0) is 30.3 Å². The average molecular weight is 446 g/mol. The Labute approximate surface area is 182 Å². The summed E-state index contributed by atoms with van der Waals surface area (Å²) in [5.41, 5.74) is 1.12. The van der Waals surface area contributed by atoms with Gasteiger partial charge in [-0.15, -0.1) is 0 Å². The summed E-state index contributed by atoms with van der Waals surface area (Å²) in [5.74, 6) is 0.732. The molecule has 7 atom stereocenters. The van der Waals surface area contributed by atoms with Gasteiger partial charge in [0.05, 0.1) is 12.2 Å². The minimum Gasteiger partial charge on any atom is -0.508 e. The van der Waals surface area contributed by atoms with Crippen molar-refractivity contribution in [1.82, 2.24) is 0 Å². The standard InChI is InChI=1S/C22H22O10/c23-8-16-18(26)19(27)20(28)22(32-16)29-11-5-12(25)17-14(6-11)30-13(7-15-21(17)31-15)9-1-3-10(24)4-2-9/h1-7,15-16,18-28H,8H2. The van der Waals surface area contributed by atoms with Gasteiger partial charge >= 0.3 is 0 Å². The quantitative estimate of drug-likeness (QED) is 0.357. The van der Waals surface area contributed by atoms with Crippen LogP contribution in [0.2, 0.25) is 0 Å². The smallest absolute Gasteiger partial charge is 0.229 e. The van der Waals surface area contributed by atoms with Crippen molar-refractivity contribution in [2.24, 2.45) is 0 Å². The number of epoxide rings is 1. The topological polar surface area (TPSA) is 162 Å². The third-order valence-corrected chi connectivity index (χ3v) is 5.69. The zero-order valence-electron chi connectivity index (χ0n) is 16.6. The van der Waals surface area contributed by atoms with E-state index in [-0.39, 0.29) is 29.1 Å². The molecule has 3 aliphatic rings. The largest absolute Gasteiger partial charge is 0.508 e. The van der Waals surface area contributed by atoms with Gasteiger partial charge in [0.25, 0.3) is 0 Å². The zero-order chi connectivity index (χ0) is 22.6. The fourth-order valence-corrected chi connectivity index (χ4v) is 3.89. The summed E-state index contributed by atoms with van der Waals surface area (Å²) in [6.07, 6.45) is -6.17. The number of phenols is 2. The second-order valence-corrected chi connectivity index (χ2v) is 7.87. The van der Waals surface area contributed by atoms with Gasteiger partial charge in [0, 0.05) is 17.7 Å². The van der Waals surface area contributed by atoms with Gasteiger partial charge in [-0.25, -0.2) is 0 Å². The lowest BCUT2D eigenvalue weighted by atomic mass is 9.99. The second-order valence-electron chi connectivity index (χ2n) is 7.87. The third kappa shape index (κ3) is 3.66. The van der Waals surface area contributed by atoms with Crippen LogP contribution in [0.25, 0.3) is 5.76 Å². The molecule has 0 bridgehead atoms. The van der Waals surface area contributed by atoms with Gasteiger partial charge in [0.2, 0.25) is 6.29 Å². The molecule has 6 N–H and O–H groups in total. The first kappa shape index (κ1) is 21.0. The lowest BCUT2D eigenvalue weighted by Gasteiger charge is -2.39. The minimum absolute atomic E-state index is 0.0646. The molecule has 2 saturated heterocycles.